The molecule has 1 rings (SSSR count). The molecule has 1 fully saturated rings. The topological polar surface area (TPSA) is 41.3 Å². The number of likely N-dealkylation sites (N-methyl/N-ethyl adjacent to an activating group) is 1. The standard InChI is InChI=1S/C12H27N3/c1-9(2)5-12(15(3)4)8-14-11-6-10(13)7-11/h9-12,14H,5-8,13H2,1-4H3. The molecule has 3 heteroatoms. The molecule has 1 aliphatic carbocycles. The van der Waals surface area contributed by atoms with Gasteiger partial charge in [-0.25, -0.2) is 0 Å². The van der Waals surface area contributed by atoms with Crippen LogP contribution in [0.2, 0.25) is 0 Å². The quantitative estimate of drug-likeness (QED) is 0.693. The lowest BCUT2D eigenvalue weighted by Gasteiger charge is -2.36. The minimum Gasteiger partial charge on any atom is -0.328 e. The van der Waals surface area contributed by atoms with Crippen molar-refractivity contribution >= 4 is 0 Å². The Kier molecular flexibility index (Phi) is 5.03. The molecule has 0 spiro atoms. The highest BCUT2D eigenvalue weighted by Crippen LogP contribution is 2.18. The van der Waals surface area contributed by atoms with E-state index in [2.05, 4.69) is 38.2 Å². The Morgan fingerprint density at radius 3 is 2.33 bits per heavy atom. The van der Waals surface area contributed by atoms with Gasteiger partial charge in [0.25, 0.3) is 0 Å². The van der Waals surface area contributed by atoms with Crippen LogP contribution in [0, 0.1) is 5.92 Å². The van der Waals surface area contributed by atoms with Gasteiger partial charge in [-0.2, -0.15) is 0 Å². The van der Waals surface area contributed by atoms with E-state index in [0.717, 1.165) is 25.3 Å². The van der Waals surface area contributed by atoms with Crippen LogP contribution >= 0.6 is 0 Å². The fourth-order valence-corrected chi connectivity index (χ4v) is 2.15. The first-order chi connectivity index (χ1) is 6.99. The summed E-state index contributed by atoms with van der Waals surface area (Å²) < 4.78 is 0. The van der Waals surface area contributed by atoms with E-state index in [1.807, 2.05) is 0 Å². The molecule has 3 nitrogen and oxygen atoms in total. The van der Waals surface area contributed by atoms with Crippen LogP contribution in [0.15, 0.2) is 0 Å². The van der Waals surface area contributed by atoms with Crippen molar-refractivity contribution in [3.8, 4) is 0 Å². The molecule has 1 aliphatic rings. The van der Waals surface area contributed by atoms with E-state index >= 15 is 0 Å². The Hall–Kier alpha value is -0.120. The Bertz CT molecular complexity index is 174. The molecule has 0 aliphatic heterocycles. The second-order valence-electron chi connectivity index (χ2n) is 5.58. The Balaban J connectivity index is 2.19. The summed E-state index contributed by atoms with van der Waals surface area (Å²) in [4.78, 5) is 2.32. The van der Waals surface area contributed by atoms with Crippen molar-refractivity contribution in [1.29, 1.82) is 0 Å². The van der Waals surface area contributed by atoms with Crippen LogP contribution in [-0.4, -0.2) is 43.7 Å². The molecule has 0 heterocycles. The maximum Gasteiger partial charge on any atom is 0.0217 e. The van der Waals surface area contributed by atoms with E-state index in [0.29, 0.717) is 18.1 Å². The van der Waals surface area contributed by atoms with Crippen LogP contribution in [0.1, 0.15) is 33.1 Å². The zero-order valence-corrected chi connectivity index (χ0v) is 10.7. The monoisotopic (exact) mass is 213 g/mol. The van der Waals surface area contributed by atoms with Gasteiger partial charge in [0.05, 0.1) is 0 Å². The average molecular weight is 213 g/mol. The Labute approximate surface area is 94.4 Å². The highest BCUT2D eigenvalue weighted by molar-refractivity contribution is 4.88. The first kappa shape index (κ1) is 12.9. The molecule has 3 N–H and O–H groups in total. The zero-order valence-electron chi connectivity index (χ0n) is 10.7. The number of hydrogen-bond donors (Lipinski definition) is 2. The Morgan fingerprint density at radius 1 is 1.33 bits per heavy atom. The van der Waals surface area contributed by atoms with E-state index < -0.39 is 0 Å². The maximum absolute atomic E-state index is 5.77. The molecule has 0 saturated heterocycles. The maximum atomic E-state index is 5.77. The first-order valence-corrected chi connectivity index (χ1v) is 6.14. The fourth-order valence-electron chi connectivity index (χ4n) is 2.15. The molecule has 0 aromatic carbocycles. The normalized spacial score (nSPS) is 28.2. The van der Waals surface area contributed by atoms with Crippen LogP contribution in [0.5, 0.6) is 0 Å². The SMILES string of the molecule is CC(C)CC(CNC1CC(N)C1)N(C)C. The predicted molar refractivity (Wildman–Crippen MR) is 65.9 cm³/mol. The van der Waals surface area contributed by atoms with E-state index in [9.17, 15) is 0 Å². The van der Waals surface area contributed by atoms with Crippen molar-refractivity contribution < 1.29 is 0 Å². The summed E-state index contributed by atoms with van der Waals surface area (Å²) in [5.74, 6) is 0.767. The van der Waals surface area contributed by atoms with Gasteiger partial charge < -0.3 is 16.0 Å². The molecule has 0 amide bonds. The molecular weight excluding hydrogens is 186 g/mol. The molecule has 1 atom stereocenters. The van der Waals surface area contributed by atoms with Gasteiger partial charge in [0.2, 0.25) is 0 Å². The lowest BCUT2D eigenvalue weighted by Crippen LogP contribution is -2.51. The lowest BCUT2D eigenvalue weighted by molar-refractivity contribution is 0.215. The summed E-state index contributed by atoms with van der Waals surface area (Å²) in [6, 6.07) is 1.78. The van der Waals surface area contributed by atoms with Gasteiger partial charge in [0.15, 0.2) is 0 Å². The van der Waals surface area contributed by atoms with Crippen molar-refractivity contribution in [3.63, 3.8) is 0 Å². The number of rotatable bonds is 6. The second kappa shape index (κ2) is 5.83. The van der Waals surface area contributed by atoms with Crippen LogP contribution in [0.3, 0.4) is 0 Å². The van der Waals surface area contributed by atoms with Crippen LogP contribution in [0.4, 0.5) is 0 Å². The zero-order chi connectivity index (χ0) is 11.4. The minimum absolute atomic E-state index is 0.449. The predicted octanol–water partition coefficient (Wildman–Crippen LogP) is 1.04. The first-order valence-electron chi connectivity index (χ1n) is 6.14. The number of hydrogen-bond acceptors (Lipinski definition) is 3. The van der Waals surface area contributed by atoms with Gasteiger partial charge in [-0.1, -0.05) is 13.8 Å². The van der Waals surface area contributed by atoms with Crippen molar-refractivity contribution in [2.45, 2.75) is 51.2 Å². The van der Waals surface area contributed by atoms with Crippen LogP contribution < -0.4 is 11.1 Å². The molecule has 0 aromatic rings. The third kappa shape index (κ3) is 4.49. The fraction of sp³-hybridized carbons (Fsp3) is 1.00. The lowest BCUT2D eigenvalue weighted by atomic mass is 9.87. The van der Waals surface area contributed by atoms with Crippen molar-refractivity contribution in [1.82, 2.24) is 10.2 Å². The molecule has 15 heavy (non-hydrogen) atoms. The van der Waals surface area contributed by atoms with E-state index in [-0.39, 0.29) is 0 Å². The third-order valence-electron chi connectivity index (χ3n) is 3.29. The molecule has 1 saturated carbocycles. The molecule has 0 aromatic heterocycles. The smallest absolute Gasteiger partial charge is 0.0217 e. The van der Waals surface area contributed by atoms with Gasteiger partial charge in [-0.15, -0.1) is 0 Å². The average Bonchev–Trinajstić information content (AvgIpc) is 2.07. The van der Waals surface area contributed by atoms with E-state index in [4.69, 9.17) is 5.73 Å². The molecule has 1 unspecified atom stereocenters. The van der Waals surface area contributed by atoms with Crippen molar-refractivity contribution in [2.75, 3.05) is 20.6 Å². The van der Waals surface area contributed by atoms with E-state index in [1.165, 1.54) is 6.42 Å². The van der Waals surface area contributed by atoms with Gasteiger partial charge in [-0.05, 0) is 39.3 Å². The van der Waals surface area contributed by atoms with Gasteiger partial charge in [0.1, 0.15) is 0 Å². The third-order valence-corrected chi connectivity index (χ3v) is 3.29. The summed E-state index contributed by atoms with van der Waals surface area (Å²) in [7, 11) is 4.34. The second-order valence-corrected chi connectivity index (χ2v) is 5.58. The van der Waals surface area contributed by atoms with Gasteiger partial charge >= 0.3 is 0 Å². The molecule has 0 bridgehead atoms. The summed E-state index contributed by atoms with van der Waals surface area (Å²) in [5, 5.41) is 3.61. The Morgan fingerprint density at radius 2 is 1.93 bits per heavy atom. The van der Waals surface area contributed by atoms with Gasteiger partial charge in [-0.3, -0.25) is 0 Å². The molecule has 90 valence electrons. The van der Waals surface area contributed by atoms with Crippen LogP contribution in [-0.2, 0) is 0 Å². The van der Waals surface area contributed by atoms with Crippen LogP contribution in [0.25, 0.3) is 0 Å². The number of nitrogens with two attached hydrogens (primary N) is 1. The molecule has 0 radical (unpaired) electrons. The van der Waals surface area contributed by atoms with Crippen molar-refractivity contribution in [2.24, 2.45) is 11.7 Å². The largest absolute Gasteiger partial charge is 0.328 e. The summed E-state index contributed by atoms with van der Waals surface area (Å²) in [6.07, 6.45) is 3.57. The minimum atomic E-state index is 0.449. The number of nitrogens with one attached hydrogen (secondary N) is 1. The van der Waals surface area contributed by atoms with E-state index in [1.54, 1.807) is 0 Å². The summed E-state index contributed by atoms with van der Waals surface area (Å²) in [6.45, 7) is 5.67. The highest BCUT2D eigenvalue weighted by atomic mass is 15.1. The molecular formula is C12H27N3. The summed E-state index contributed by atoms with van der Waals surface area (Å²) in [5.41, 5.74) is 5.77. The summed E-state index contributed by atoms with van der Waals surface area (Å²) >= 11 is 0. The van der Waals surface area contributed by atoms with Crippen molar-refractivity contribution in [3.05, 3.63) is 0 Å². The van der Waals surface area contributed by atoms with Gasteiger partial charge in [0, 0.05) is 24.7 Å². The number of nitrogens with zero attached hydrogens (tertiary/aromatic N) is 1. The highest BCUT2D eigenvalue weighted by Gasteiger charge is 2.26.